The van der Waals surface area contributed by atoms with Gasteiger partial charge in [0.05, 0.1) is 5.92 Å². The first kappa shape index (κ1) is 8.46. The van der Waals surface area contributed by atoms with Crippen LogP contribution in [0.4, 0.5) is 0 Å². The Morgan fingerprint density at radius 1 is 1.42 bits per heavy atom. The molecule has 1 rings (SSSR count). The largest absolute Gasteiger partial charge is 0.387 e. The van der Waals surface area contributed by atoms with E-state index in [4.69, 9.17) is 11.1 Å². The zero-order valence-electron chi connectivity index (χ0n) is 6.53. The molecule has 12 heavy (non-hydrogen) atoms. The maximum absolute atomic E-state index is 10.5. The number of rotatable bonds is 3. The summed E-state index contributed by atoms with van der Waals surface area (Å²) in [6.45, 7) is 0. The Labute approximate surface area is 70.7 Å². The lowest BCUT2D eigenvalue weighted by atomic mass is 10.0. The zero-order chi connectivity index (χ0) is 8.97. The average Bonchev–Trinajstić information content (AvgIpc) is 2.07. The summed E-state index contributed by atoms with van der Waals surface area (Å²) >= 11 is 0. The van der Waals surface area contributed by atoms with Crippen molar-refractivity contribution >= 4 is 12.1 Å². The molecule has 0 radical (unpaired) electrons. The number of benzene rings is 1. The highest BCUT2D eigenvalue weighted by Gasteiger charge is 2.11. The van der Waals surface area contributed by atoms with E-state index in [1.165, 1.54) is 0 Å². The van der Waals surface area contributed by atoms with Crippen molar-refractivity contribution < 1.29 is 4.79 Å². The third-order valence-electron chi connectivity index (χ3n) is 1.63. The number of hydrogen-bond donors (Lipinski definition) is 2. The van der Waals surface area contributed by atoms with Crippen LogP contribution in [0, 0.1) is 5.41 Å². The van der Waals surface area contributed by atoms with Crippen LogP contribution in [0.15, 0.2) is 30.3 Å². The van der Waals surface area contributed by atoms with Crippen LogP contribution >= 0.6 is 0 Å². The summed E-state index contributed by atoms with van der Waals surface area (Å²) in [5, 5.41) is 7.14. The molecule has 1 atom stereocenters. The Kier molecular flexibility index (Phi) is 2.58. The van der Waals surface area contributed by atoms with E-state index < -0.39 is 5.92 Å². The summed E-state index contributed by atoms with van der Waals surface area (Å²) in [5.41, 5.74) is 6.00. The van der Waals surface area contributed by atoms with Crippen LogP contribution in [0.2, 0.25) is 0 Å². The molecule has 3 heteroatoms. The van der Waals surface area contributed by atoms with E-state index in [2.05, 4.69) is 0 Å². The van der Waals surface area contributed by atoms with Gasteiger partial charge in [0.2, 0.25) is 0 Å². The maximum atomic E-state index is 10.5. The molecule has 62 valence electrons. The normalized spacial score (nSPS) is 12.0. The standard InChI is InChI=1S/C9H10N2O/c10-9(11)8(6-12)7-4-2-1-3-5-7/h1-6,8H,(H3,10,11). The van der Waals surface area contributed by atoms with Crippen LogP contribution < -0.4 is 5.73 Å². The number of nitrogens with one attached hydrogen (secondary N) is 1. The Bertz CT molecular complexity index is 282. The molecular weight excluding hydrogens is 152 g/mol. The van der Waals surface area contributed by atoms with Gasteiger partial charge in [-0.05, 0) is 5.56 Å². The molecule has 1 aromatic carbocycles. The molecule has 0 heterocycles. The fourth-order valence-corrected chi connectivity index (χ4v) is 0.992. The lowest BCUT2D eigenvalue weighted by molar-refractivity contribution is -0.107. The van der Waals surface area contributed by atoms with Gasteiger partial charge in [0.25, 0.3) is 0 Å². The Morgan fingerprint density at radius 3 is 2.42 bits per heavy atom. The van der Waals surface area contributed by atoms with E-state index >= 15 is 0 Å². The summed E-state index contributed by atoms with van der Waals surface area (Å²) in [6.07, 6.45) is 0.678. The minimum Gasteiger partial charge on any atom is -0.387 e. The Balaban J connectivity index is 2.95. The van der Waals surface area contributed by atoms with Gasteiger partial charge in [-0.1, -0.05) is 30.3 Å². The molecule has 0 aliphatic carbocycles. The molecule has 0 saturated carbocycles. The molecular formula is C9H10N2O. The third-order valence-corrected chi connectivity index (χ3v) is 1.63. The van der Waals surface area contributed by atoms with Crippen LogP contribution in [0.25, 0.3) is 0 Å². The summed E-state index contributed by atoms with van der Waals surface area (Å²) in [4.78, 5) is 10.5. The van der Waals surface area contributed by atoms with Gasteiger partial charge in [0.15, 0.2) is 0 Å². The molecule has 0 aromatic heterocycles. The Morgan fingerprint density at radius 2 is 2.00 bits per heavy atom. The highest BCUT2D eigenvalue weighted by atomic mass is 16.1. The molecule has 0 fully saturated rings. The molecule has 1 unspecified atom stereocenters. The molecule has 0 aliphatic rings. The summed E-state index contributed by atoms with van der Waals surface area (Å²) in [7, 11) is 0. The first-order chi connectivity index (χ1) is 5.75. The van der Waals surface area contributed by atoms with Gasteiger partial charge in [-0.25, -0.2) is 0 Å². The molecule has 3 N–H and O–H groups in total. The Hall–Kier alpha value is -1.64. The number of carbonyl (C=O) groups excluding carboxylic acids is 1. The second kappa shape index (κ2) is 3.67. The van der Waals surface area contributed by atoms with Crippen LogP contribution in [0.3, 0.4) is 0 Å². The predicted octanol–water partition coefficient (Wildman–Crippen LogP) is 0.905. The third kappa shape index (κ3) is 1.69. The zero-order valence-corrected chi connectivity index (χ0v) is 6.53. The van der Waals surface area contributed by atoms with Gasteiger partial charge in [0, 0.05) is 0 Å². The number of nitrogens with two attached hydrogens (primary N) is 1. The fraction of sp³-hybridized carbons (Fsp3) is 0.111. The van der Waals surface area contributed by atoms with Gasteiger partial charge in [-0.3, -0.25) is 5.41 Å². The molecule has 3 nitrogen and oxygen atoms in total. The minimum absolute atomic E-state index is 0.115. The first-order valence-electron chi connectivity index (χ1n) is 3.60. The fourth-order valence-electron chi connectivity index (χ4n) is 0.992. The molecule has 0 bridgehead atoms. The molecule has 1 aromatic rings. The van der Waals surface area contributed by atoms with Crippen molar-refractivity contribution in [3.63, 3.8) is 0 Å². The van der Waals surface area contributed by atoms with E-state index in [0.29, 0.717) is 6.29 Å². The van der Waals surface area contributed by atoms with Crippen molar-refractivity contribution in [2.24, 2.45) is 5.73 Å². The SMILES string of the molecule is N=C(N)C(C=O)c1ccccc1. The van der Waals surface area contributed by atoms with E-state index in [0.717, 1.165) is 5.56 Å². The van der Waals surface area contributed by atoms with Crippen LogP contribution in [0.1, 0.15) is 11.5 Å². The van der Waals surface area contributed by atoms with Crippen molar-refractivity contribution in [1.29, 1.82) is 5.41 Å². The molecule has 0 amide bonds. The molecule has 0 aliphatic heterocycles. The van der Waals surface area contributed by atoms with Crippen LogP contribution in [0.5, 0.6) is 0 Å². The molecule has 0 saturated heterocycles. The highest BCUT2D eigenvalue weighted by Crippen LogP contribution is 2.11. The van der Waals surface area contributed by atoms with Crippen molar-refractivity contribution in [2.75, 3.05) is 0 Å². The van der Waals surface area contributed by atoms with E-state index in [-0.39, 0.29) is 5.84 Å². The van der Waals surface area contributed by atoms with Gasteiger partial charge in [-0.2, -0.15) is 0 Å². The summed E-state index contributed by atoms with van der Waals surface area (Å²) < 4.78 is 0. The van der Waals surface area contributed by atoms with Gasteiger partial charge in [0.1, 0.15) is 12.1 Å². The lowest BCUT2D eigenvalue weighted by Crippen LogP contribution is -2.21. The second-order valence-electron chi connectivity index (χ2n) is 2.48. The number of carbonyl (C=O) groups is 1. The maximum Gasteiger partial charge on any atom is 0.134 e. The summed E-state index contributed by atoms with van der Waals surface area (Å²) in [6, 6.07) is 9.04. The number of hydrogen-bond acceptors (Lipinski definition) is 2. The second-order valence-corrected chi connectivity index (χ2v) is 2.48. The quantitative estimate of drug-likeness (QED) is 0.394. The summed E-state index contributed by atoms with van der Waals surface area (Å²) in [5.74, 6) is -0.706. The number of aldehydes is 1. The number of amidine groups is 1. The van der Waals surface area contributed by atoms with E-state index in [9.17, 15) is 4.79 Å². The lowest BCUT2D eigenvalue weighted by Gasteiger charge is -2.06. The molecule has 0 spiro atoms. The van der Waals surface area contributed by atoms with Gasteiger partial charge < -0.3 is 10.5 Å². The van der Waals surface area contributed by atoms with E-state index in [1.54, 1.807) is 12.1 Å². The van der Waals surface area contributed by atoms with Crippen LogP contribution in [-0.2, 0) is 4.79 Å². The smallest absolute Gasteiger partial charge is 0.134 e. The van der Waals surface area contributed by atoms with Gasteiger partial charge in [-0.15, -0.1) is 0 Å². The topological polar surface area (TPSA) is 66.9 Å². The monoisotopic (exact) mass is 162 g/mol. The van der Waals surface area contributed by atoms with Crippen molar-refractivity contribution in [3.05, 3.63) is 35.9 Å². The van der Waals surface area contributed by atoms with E-state index in [1.807, 2.05) is 18.2 Å². The highest BCUT2D eigenvalue weighted by molar-refractivity contribution is 5.98. The first-order valence-corrected chi connectivity index (χ1v) is 3.60. The predicted molar refractivity (Wildman–Crippen MR) is 47.2 cm³/mol. The van der Waals surface area contributed by atoms with Crippen molar-refractivity contribution in [3.8, 4) is 0 Å². The van der Waals surface area contributed by atoms with Crippen molar-refractivity contribution in [2.45, 2.75) is 5.92 Å². The van der Waals surface area contributed by atoms with Crippen LogP contribution in [-0.4, -0.2) is 12.1 Å². The average molecular weight is 162 g/mol. The van der Waals surface area contributed by atoms with Crippen molar-refractivity contribution in [1.82, 2.24) is 0 Å². The minimum atomic E-state index is -0.591. The van der Waals surface area contributed by atoms with Gasteiger partial charge >= 0.3 is 0 Å².